The molecule has 0 spiro atoms. The maximum atomic E-state index is 5.52. The van der Waals surface area contributed by atoms with Crippen LogP contribution in [0.5, 0.6) is 0 Å². The smallest absolute Gasteiger partial charge is 0.181 e. The Hall–Kier alpha value is -1.13. The lowest BCUT2D eigenvalue weighted by Crippen LogP contribution is -1.97. The Bertz CT molecular complexity index is 405. The quantitative estimate of drug-likeness (QED) is 0.797. The van der Waals surface area contributed by atoms with Crippen LogP contribution < -0.4 is 5.73 Å². The first-order valence-electron chi connectivity index (χ1n) is 4.00. The molecule has 0 aliphatic rings. The van der Waals surface area contributed by atoms with E-state index in [1.54, 1.807) is 11.3 Å². The summed E-state index contributed by atoms with van der Waals surface area (Å²) in [5.41, 5.74) is 6.34. The molecule has 0 saturated carbocycles. The van der Waals surface area contributed by atoms with E-state index in [1.165, 1.54) is 11.3 Å². The maximum absolute atomic E-state index is 5.52. The SMILES string of the molecule is Cc1ccc(-c2ocnc2CN)s1. The molecule has 2 aromatic heterocycles. The number of rotatable bonds is 2. The lowest BCUT2D eigenvalue weighted by molar-refractivity contribution is 0.572. The number of aromatic nitrogens is 1. The number of nitrogens with two attached hydrogens (primary N) is 1. The van der Waals surface area contributed by atoms with Crippen LogP contribution in [0.2, 0.25) is 0 Å². The molecule has 0 aromatic carbocycles. The fourth-order valence-corrected chi connectivity index (χ4v) is 2.05. The van der Waals surface area contributed by atoms with Gasteiger partial charge in [-0.25, -0.2) is 4.98 Å². The third-order valence-corrected chi connectivity index (χ3v) is 2.80. The normalized spacial score (nSPS) is 10.6. The van der Waals surface area contributed by atoms with E-state index in [-0.39, 0.29) is 0 Å². The van der Waals surface area contributed by atoms with E-state index in [9.17, 15) is 0 Å². The third kappa shape index (κ3) is 1.50. The molecule has 68 valence electrons. The van der Waals surface area contributed by atoms with Gasteiger partial charge in [-0.05, 0) is 19.1 Å². The lowest BCUT2D eigenvalue weighted by Gasteiger charge is -1.92. The van der Waals surface area contributed by atoms with E-state index in [0.717, 1.165) is 16.3 Å². The lowest BCUT2D eigenvalue weighted by atomic mass is 10.3. The highest BCUT2D eigenvalue weighted by molar-refractivity contribution is 7.15. The second-order valence-electron chi connectivity index (χ2n) is 2.74. The summed E-state index contributed by atoms with van der Waals surface area (Å²) < 4.78 is 5.27. The highest BCUT2D eigenvalue weighted by Gasteiger charge is 2.10. The second-order valence-corrected chi connectivity index (χ2v) is 4.03. The van der Waals surface area contributed by atoms with Crippen molar-refractivity contribution in [1.29, 1.82) is 0 Å². The average molecular weight is 194 g/mol. The van der Waals surface area contributed by atoms with Gasteiger partial charge in [0.15, 0.2) is 12.2 Å². The largest absolute Gasteiger partial charge is 0.442 e. The van der Waals surface area contributed by atoms with Crippen molar-refractivity contribution in [1.82, 2.24) is 4.98 Å². The van der Waals surface area contributed by atoms with Crippen molar-refractivity contribution >= 4 is 11.3 Å². The molecule has 2 heterocycles. The third-order valence-electron chi connectivity index (χ3n) is 1.80. The Morgan fingerprint density at radius 1 is 1.54 bits per heavy atom. The molecule has 0 atom stereocenters. The molecule has 0 aliphatic carbocycles. The van der Waals surface area contributed by atoms with Crippen molar-refractivity contribution in [3.8, 4) is 10.6 Å². The van der Waals surface area contributed by atoms with Crippen LogP contribution >= 0.6 is 11.3 Å². The minimum Gasteiger partial charge on any atom is -0.442 e. The van der Waals surface area contributed by atoms with E-state index in [1.807, 2.05) is 6.07 Å². The van der Waals surface area contributed by atoms with Crippen LogP contribution in [0.1, 0.15) is 10.6 Å². The monoisotopic (exact) mass is 194 g/mol. The van der Waals surface area contributed by atoms with Crippen LogP contribution in [0.25, 0.3) is 10.6 Å². The zero-order chi connectivity index (χ0) is 9.26. The van der Waals surface area contributed by atoms with Crippen LogP contribution in [-0.4, -0.2) is 4.98 Å². The van der Waals surface area contributed by atoms with Crippen LogP contribution in [0.4, 0.5) is 0 Å². The predicted octanol–water partition coefficient (Wildman–Crippen LogP) is 2.17. The van der Waals surface area contributed by atoms with Crippen LogP contribution in [-0.2, 0) is 6.54 Å². The summed E-state index contributed by atoms with van der Waals surface area (Å²) >= 11 is 1.69. The van der Waals surface area contributed by atoms with Gasteiger partial charge in [0.1, 0.15) is 5.69 Å². The first kappa shape index (κ1) is 8.47. The number of oxazole rings is 1. The number of nitrogens with zero attached hydrogens (tertiary/aromatic N) is 1. The van der Waals surface area contributed by atoms with Gasteiger partial charge < -0.3 is 10.2 Å². The summed E-state index contributed by atoms with van der Waals surface area (Å²) in [6.45, 7) is 2.48. The van der Waals surface area contributed by atoms with Crippen molar-refractivity contribution in [3.05, 3.63) is 29.1 Å². The van der Waals surface area contributed by atoms with E-state index in [4.69, 9.17) is 10.2 Å². The summed E-state index contributed by atoms with van der Waals surface area (Å²) in [7, 11) is 0. The zero-order valence-electron chi connectivity index (χ0n) is 7.28. The molecule has 2 aromatic rings. The van der Waals surface area contributed by atoms with Gasteiger partial charge in [-0.15, -0.1) is 11.3 Å². The number of hydrogen-bond acceptors (Lipinski definition) is 4. The van der Waals surface area contributed by atoms with E-state index in [2.05, 4.69) is 18.0 Å². The summed E-state index contributed by atoms with van der Waals surface area (Å²) in [5.74, 6) is 0.806. The molecule has 2 rings (SSSR count). The maximum Gasteiger partial charge on any atom is 0.181 e. The topological polar surface area (TPSA) is 52.0 Å². The average Bonchev–Trinajstić information content (AvgIpc) is 2.71. The molecule has 0 bridgehead atoms. The van der Waals surface area contributed by atoms with Gasteiger partial charge in [0.05, 0.1) is 4.88 Å². The van der Waals surface area contributed by atoms with Crippen LogP contribution in [0.3, 0.4) is 0 Å². The van der Waals surface area contributed by atoms with Gasteiger partial charge in [0, 0.05) is 11.4 Å². The molecule has 0 aliphatic heterocycles. The molecule has 0 fully saturated rings. The van der Waals surface area contributed by atoms with Crippen LogP contribution in [0, 0.1) is 6.92 Å². The first-order chi connectivity index (χ1) is 6.31. The van der Waals surface area contributed by atoms with E-state index in [0.29, 0.717) is 6.54 Å². The first-order valence-corrected chi connectivity index (χ1v) is 4.82. The van der Waals surface area contributed by atoms with Gasteiger partial charge >= 0.3 is 0 Å². The summed E-state index contributed by atoms with van der Waals surface area (Å²) in [5, 5.41) is 0. The minimum atomic E-state index is 0.419. The zero-order valence-corrected chi connectivity index (χ0v) is 8.10. The molecule has 0 radical (unpaired) electrons. The van der Waals surface area contributed by atoms with Crippen molar-refractivity contribution in [2.24, 2.45) is 5.73 Å². The number of hydrogen-bond donors (Lipinski definition) is 1. The standard InChI is InChI=1S/C9H10N2OS/c1-6-2-3-8(13-6)9-7(4-10)11-5-12-9/h2-3,5H,4,10H2,1H3. The Labute approximate surface area is 80.2 Å². The molecule has 2 N–H and O–H groups in total. The Morgan fingerprint density at radius 2 is 2.38 bits per heavy atom. The molecule has 0 amide bonds. The fourth-order valence-electron chi connectivity index (χ4n) is 1.17. The Balaban J connectivity index is 2.45. The molecular formula is C9H10N2OS. The van der Waals surface area contributed by atoms with E-state index >= 15 is 0 Å². The van der Waals surface area contributed by atoms with Crippen molar-refractivity contribution in [3.63, 3.8) is 0 Å². The summed E-state index contributed by atoms with van der Waals surface area (Å²) in [6.07, 6.45) is 1.44. The molecule has 0 saturated heterocycles. The van der Waals surface area contributed by atoms with Gasteiger partial charge in [-0.1, -0.05) is 0 Å². The molecule has 0 unspecified atom stereocenters. The molecule has 3 nitrogen and oxygen atoms in total. The minimum absolute atomic E-state index is 0.419. The number of thiophene rings is 1. The molecule has 13 heavy (non-hydrogen) atoms. The second kappa shape index (κ2) is 3.32. The van der Waals surface area contributed by atoms with Gasteiger partial charge in [-0.2, -0.15) is 0 Å². The van der Waals surface area contributed by atoms with Crippen molar-refractivity contribution < 1.29 is 4.42 Å². The molecular weight excluding hydrogens is 184 g/mol. The summed E-state index contributed by atoms with van der Waals surface area (Å²) in [6, 6.07) is 4.09. The fraction of sp³-hybridized carbons (Fsp3) is 0.222. The molecule has 4 heteroatoms. The predicted molar refractivity (Wildman–Crippen MR) is 52.4 cm³/mol. The van der Waals surface area contributed by atoms with Crippen molar-refractivity contribution in [2.45, 2.75) is 13.5 Å². The van der Waals surface area contributed by atoms with Gasteiger partial charge in [0.25, 0.3) is 0 Å². The van der Waals surface area contributed by atoms with Crippen molar-refractivity contribution in [2.75, 3.05) is 0 Å². The van der Waals surface area contributed by atoms with E-state index < -0.39 is 0 Å². The number of aryl methyl sites for hydroxylation is 1. The highest BCUT2D eigenvalue weighted by atomic mass is 32.1. The highest BCUT2D eigenvalue weighted by Crippen LogP contribution is 2.29. The Morgan fingerprint density at radius 3 is 3.00 bits per heavy atom. The van der Waals surface area contributed by atoms with Gasteiger partial charge in [-0.3, -0.25) is 0 Å². The Kier molecular flexibility index (Phi) is 2.16. The van der Waals surface area contributed by atoms with Gasteiger partial charge in [0.2, 0.25) is 0 Å². The summed E-state index contributed by atoms with van der Waals surface area (Å²) in [4.78, 5) is 6.39. The van der Waals surface area contributed by atoms with Crippen LogP contribution in [0.15, 0.2) is 22.9 Å².